The lowest BCUT2D eigenvalue weighted by atomic mass is 9.98. The predicted octanol–water partition coefficient (Wildman–Crippen LogP) is 10.2. The van der Waals surface area contributed by atoms with Crippen molar-refractivity contribution >= 4 is 81.0 Å². The first-order valence-electron chi connectivity index (χ1n) is 13.8. The maximum absolute atomic E-state index is 5.29. The normalized spacial score (nSPS) is 18.2. The Kier molecular flexibility index (Phi) is 3.92. The molecule has 0 amide bonds. The highest BCUT2D eigenvalue weighted by molar-refractivity contribution is 7.27. The number of hydrogen-bond acceptors (Lipinski definition) is 2. The molecule has 40 heavy (non-hydrogen) atoms. The van der Waals surface area contributed by atoms with Gasteiger partial charge in [0.05, 0.1) is 6.04 Å². The van der Waals surface area contributed by atoms with E-state index in [4.69, 9.17) is 5.32 Å². The Morgan fingerprint density at radius 2 is 1.55 bits per heavy atom. The molecule has 4 heterocycles. The number of para-hydroxylation sites is 1. The van der Waals surface area contributed by atoms with Crippen molar-refractivity contribution in [1.82, 2.24) is 4.40 Å². The van der Waals surface area contributed by atoms with Gasteiger partial charge in [-0.2, -0.15) is 0 Å². The van der Waals surface area contributed by atoms with Gasteiger partial charge in [0.15, 0.2) is 0 Å². The summed E-state index contributed by atoms with van der Waals surface area (Å²) in [6.07, 6.45) is 8.67. The molecule has 0 spiro atoms. The number of anilines is 1. The molecule has 0 saturated heterocycles. The third kappa shape index (κ3) is 2.59. The van der Waals surface area contributed by atoms with E-state index in [-0.39, 0.29) is 12.1 Å². The predicted molar refractivity (Wildman–Crippen MR) is 172 cm³/mol. The van der Waals surface area contributed by atoms with E-state index >= 15 is 0 Å². The molecule has 1 aliphatic carbocycles. The SMILES string of the molecule is C1=CC2[N-]c3c(c4cc5c6cccc(-c7ccc8ccccc8c7)c6sc5c5c6ccccc6n3c45)NC2C=C1. The lowest BCUT2D eigenvalue weighted by Gasteiger charge is -2.38. The van der Waals surface area contributed by atoms with Crippen LogP contribution in [0.5, 0.6) is 0 Å². The zero-order valence-corrected chi connectivity index (χ0v) is 22.2. The lowest BCUT2D eigenvalue weighted by Crippen LogP contribution is -2.33. The minimum atomic E-state index is 0.112. The molecule has 3 aromatic heterocycles. The van der Waals surface area contributed by atoms with E-state index in [1.54, 1.807) is 0 Å². The van der Waals surface area contributed by atoms with Crippen molar-refractivity contribution in [3.63, 3.8) is 0 Å². The second-order valence-corrected chi connectivity index (χ2v) is 12.0. The highest BCUT2D eigenvalue weighted by Crippen LogP contribution is 2.54. The Morgan fingerprint density at radius 3 is 2.52 bits per heavy atom. The van der Waals surface area contributed by atoms with Crippen LogP contribution < -0.4 is 5.32 Å². The minimum Gasteiger partial charge on any atom is -0.454 e. The van der Waals surface area contributed by atoms with Gasteiger partial charge in [-0.1, -0.05) is 103 Å². The summed E-state index contributed by atoms with van der Waals surface area (Å²) in [6.45, 7) is 0. The van der Waals surface area contributed by atoms with Crippen molar-refractivity contribution in [1.29, 1.82) is 0 Å². The van der Waals surface area contributed by atoms with Crippen LogP contribution in [0.3, 0.4) is 0 Å². The molecule has 0 bridgehead atoms. The highest BCUT2D eigenvalue weighted by atomic mass is 32.1. The fourth-order valence-electron chi connectivity index (χ4n) is 7.06. The molecule has 5 aromatic carbocycles. The van der Waals surface area contributed by atoms with Gasteiger partial charge in [-0.05, 0) is 56.3 Å². The number of benzene rings is 5. The highest BCUT2D eigenvalue weighted by Gasteiger charge is 2.27. The first kappa shape index (κ1) is 21.1. The number of thiophene rings is 1. The van der Waals surface area contributed by atoms with E-state index in [1.165, 1.54) is 69.3 Å². The Labute approximate surface area is 234 Å². The van der Waals surface area contributed by atoms with Crippen LogP contribution >= 0.6 is 11.3 Å². The standard InChI is InChI=1S/C36H22N3S/c1-2-9-21-18-22(17-16-20(21)8-1)23-11-7-12-24-26-19-27-32-36(38-29-14-5-4-13-28(29)37-32)39-30-15-6-3-10-25(30)31(33(27)39)35(26)40-34(23)24/h1-19,28-29,37H/q-1. The number of nitrogens with zero attached hydrogens (tertiary/aromatic N) is 2. The van der Waals surface area contributed by atoms with E-state index in [9.17, 15) is 0 Å². The van der Waals surface area contributed by atoms with E-state index in [1.807, 2.05) is 11.3 Å². The quantitative estimate of drug-likeness (QED) is 0.226. The monoisotopic (exact) mass is 528 g/mol. The van der Waals surface area contributed by atoms with Gasteiger partial charge in [0.2, 0.25) is 0 Å². The number of nitrogens with one attached hydrogen (secondary N) is 1. The van der Waals surface area contributed by atoms with Gasteiger partial charge in [-0.25, -0.2) is 0 Å². The zero-order chi connectivity index (χ0) is 25.9. The summed E-state index contributed by atoms with van der Waals surface area (Å²) in [5.74, 6) is 1.04. The molecular formula is C36H22N3S-. The van der Waals surface area contributed by atoms with Gasteiger partial charge in [0, 0.05) is 42.7 Å². The van der Waals surface area contributed by atoms with Gasteiger partial charge in [0.25, 0.3) is 0 Å². The fraction of sp³-hybridized carbons (Fsp3) is 0.0556. The van der Waals surface area contributed by atoms with E-state index in [0.29, 0.717) is 0 Å². The number of fused-ring (bicyclic) bond motifs is 12. The maximum atomic E-state index is 5.29. The number of allylic oxidation sites excluding steroid dienone is 2. The first-order chi connectivity index (χ1) is 19.8. The zero-order valence-electron chi connectivity index (χ0n) is 21.4. The van der Waals surface area contributed by atoms with Crippen LogP contribution in [0.1, 0.15) is 0 Å². The Morgan fingerprint density at radius 1 is 0.700 bits per heavy atom. The van der Waals surface area contributed by atoms with Gasteiger partial charge < -0.3 is 15.0 Å². The molecule has 10 rings (SSSR count). The van der Waals surface area contributed by atoms with Crippen molar-refractivity contribution in [2.45, 2.75) is 12.1 Å². The van der Waals surface area contributed by atoms with Gasteiger partial charge in [0.1, 0.15) is 0 Å². The van der Waals surface area contributed by atoms with E-state index < -0.39 is 0 Å². The average molecular weight is 529 g/mol. The Bertz CT molecular complexity index is 2400. The molecule has 0 radical (unpaired) electrons. The molecule has 8 aromatic rings. The molecule has 1 N–H and O–H groups in total. The molecule has 0 saturated carbocycles. The fourth-order valence-corrected chi connectivity index (χ4v) is 8.43. The average Bonchev–Trinajstić information content (AvgIpc) is 3.65. The van der Waals surface area contributed by atoms with Crippen LogP contribution in [0.4, 0.5) is 11.5 Å². The molecule has 188 valence electrons. The van der Waals surface area contributed by atoms with Crippen LogP contribution in [0.25, 0.3) is 74.6 Å². The number of hydrogen-bond donors (Lipinski definition) is 1. The minimum absolute atomic E-state index is 0.112. The third-order valence-electron chi connectivity index (χ3n) is 8.85. The third-order valence-corrected chi connectivity index (χ3v) is 10.1. The molecule has 1 aliphatic heterocycles. The topological polar surface area (TPSA) is 30.5 Å². The summed E-state index contributed by atoms with van der Waals surface area (Å²) in [5, 5.41) is 18.2. The second kappa shape index (κ2) is 7.44. The maximum Gasteiger partial charge on any atom is 0.0503 e. The van der Waals surface area contributed by atoms with Crippen LogP contribution in [0, 0.1) is 0 Å². The van der Waals surface area contributed by atoms with Gasteiger partial charge in [-0.15, -0.1) is 11.3 Å². The summed E-state index contributed by atoms with van der Waals surface area (Å²) in [4.78, 5) is 0. The summed E-state index contributed by atoms with van der Waals surface area (Å²) < 4.78 is 5.10. The summed E-state index contributed by atoms with van der Waals surface area (Å²) in [7, 11) is 0. The van der Waals surface area contributed by atoms with Crippen molar-refractivity contribution in [3.05, 3.63) is 121 Å². The Hall–Kier alpha value is -4.80. The van der Waals surface area contributed by atoms with Gasteiger partial charge >= 0.3 is 0 Å². The molecule has 2 unspecified atom stereocenters. The van der Waals surface area contributed by atoms with Crippen molar-refractivity contribution in [2.24, 2.45) is 0 Å². The van der Waals surface area contributed by atoms with Crippen molar-refractivity contribution in [3.8, 4) is 11.1 Å². The van der Waals surface area contributed by atoms with Gasteiger partial charge in [-0.3, -0.25) is 0 Å². The molecule has 2 aliphatic rings. The molecule has 4 heteroatoms. The molecule has 3 nitrogen and oxygen atoms in total. The van der Waals surface area contributed by atoms with Crippen LogP contribution in [-0.4, -0.2) is 16.5 Å². The molecule has 2 atom stereocenters. The molecule has 0 fully saturated rings. The summed E-state index contributed by atoms with van der Waals surface area (Å²) >= 11 is 1.93. The number of rotatable bonds is 1. The van der Waals surface area contributed by atoms with Crippen molar-refractivity contribution < 1.29 is 0 Å². The summed E-state index contributed by atoms with van der Waals surface area (Å²) in [5.41, 5.74) is 6.22. The first-order valence-corrected chi connectivity index (χ1v) is 14.6. The molecular weight excluding hydrogens is 506 g/mol. The van der Waals surface area contributed by atoms with Crippen LogP contribution in [-0.2, 0) is 0 Å². The van der Waals surface area contributed by atoms with E-state index in [2.05, 4.69) is 125 Å². The smallest absolute Gasteiger partial charge is 0.0503 e. The van der Waals surface area contributed by atoms with E-state index in [0.717, 1.165) is 11.5 Å². The Balaban J connectivity index is 1.33. The van der Waals surface area contributed by atoms with Crippen LogP contribution in [0.2, 0.25) is 0 Å². The van der Waals surface area contributed by atoms with Crippen LogP contribution in [0.15, 0.2) is 115 Å². The van der Waals surface area contributed by atoms with Crippen molar-refractivity contribution in [2.75, 3.05) is 5.32 Å². The largest absolute Gasteiger partial charge is 0.454 e. The number of aromatic nitrogens is 1. The lowest BCUT2D eigenvalue weighted by molar-refractivity contribution is 0.791. The summed E-state index contributed by atoms with van der Waals surface area (Å²) in [6, 6.07) is 33.8. The second-order valence-electron chi connectivity index (χ2n) is 11.0.